The topological polar surface area (TPSA) is 43.5 Å². The number of aryl methyl sites for hydroxylation is 4. The molecule has 0 bridgehead atoms. The minimum atomic E-state index is 0.369. The van der Waals surface area contributed by atoms with Crippen LogP contribution in [0.5, 0.6) is 5.75 Å². The predicted octanol–water partition coefficient (Wildman–Crippen LogP) is 8.90. The molecular formula is C34H35ClN4OS. The van der Waals surface area contributed by atoms with Crippen LogP contribution in [0.25, 0.3) is 16.8 Å². The van der Waals surface area contributed by atoms with E-state index in [0.29, 0.717) is 22.5 Å². The summed E-state index contributed by atoms with van der Waals surface area (Å²) in [5.74, 6) is 2.20. The molecule has 7 heteroatoms. The van der Waals surface area contributed by atoms with Crippen LogP contribution in [-0.2, 0) is 19.6 Å². The van der Waals surface area contributed by atoms with E-state index in [9.17, 15) is 0 Å². The standard InChI is InChI=1S/C34H35ClN4OS/c1-21(2)27-16-11-23(4)19-29(27)40-20-30-37-39-32(33(41)36-26-9-7-8-22(3)18-26)31(24-12-14-25(35)15-13-24)28-10-5-6-17-38(30)34(28)39/h7-9,11-16,18-19,21H,5-6,10,17,20H2,1-4H3,(H,36,41). The maximum absolute atomic E-state index is 6.49. The van der Waals surface area contributed by atoms with Crippen molar-refractivity contribution in [2.45, 2.75) is 66.0 Å². The first kappa shape index (κ1) is 27.6. The summed E-state index contributed by atoms with van der Waals surface area (Å²) in [5.41, 5.74) is 10.0. The Hall–Kier alpha value is -3.61. The second kappa shape index (κ2) is 11.3. The number of hydrogen-bond acceptors (Lipinski definition) is 3. The maximum Gasteiger partial charge on any atom is 0.169 e. The molecule has 0 fully saturated rings. The summed E-state index contributed by atoms with van der Waals surface area (Å²) in [6, 6.07) is 22.8. The van der Waals surface area contributed by atoms with Crippen molar-refractivity contribution in [2.24, 2.45) is 0 Å². The first-order valence-electron chi connectivity index (χ1n) is 14.3. The molecule has 5 nitrogen and oxygen atoms in total. The van der Waals surface area contributed by atoms with E-state index in [1.165, 1.54) is 22.3 Å². The Morgan fingerprint density at radius 1 is 1.02 bits per heavy atom. The fourth-order valence-electron chi connectivity index (χ4n) is 5.85. The number of benzene rings is 3. The van der Waals surface area contributed by atoms with Gasteiger partial charge < -0.3 is 14.6 Å². The van der Waals surface area contributed by atoms with Gasteiger partial charge in [0, 0.05) is 28.4 Å². The lowest BCUT2D eigenvalue weighted by molar-refractivity contribution is 0.284. The molecule has 1 aliphatic rings. The van der Waals surface area contributed by atoms with Crippen LogP contribution >= 0.6 is 23.8 Å². The van der Waals surface area contributed by atoms with E-state index in [-0.39, 0.29) is 0 Å². The second-order valence-corrected chi connectivity index (χ2v) is 12.1. The number of halogens is 1. The molecule has 6 rings (SSSR count). The first-order valence-corrected chi connectivity index (χ1v) is 15.1. The third-order valence-electron chi connectivity index (χ3n) is 7.83. The van der Waals surface area contributed by atoms with E-state index in [2.05, 4.69) is 80.0 Å². The summed E-state index contributed by atoms with van der Waals surface area (Å²) in [5, 5.41) is 9.40. The Morgan fingerprint density at radius 3 is 2.56 bits per heavy atom. The molecule has 210 valence electrons. The molecule has 0 atom stereocenters. The average molecular weight is 583 g/mol. The highest BCUT2D eigenvalue weighted by Gasteiger charge is 2.29. The number of nitrogens with zero attached hydrogens (tertiary/aromatic N) is 3. The summed E-state index contributed by atoms with van der Waals surface area (Å²) in [6.45, 7) is 9.86. The van der Waals surface area contributed by atoms with Gasteiger partial charge >= 0.3 is 0 Å². The quantitative estimate of drug-likeness (QED) is 0.195. The molecule has 0 aliphatic carbocycles. The summed E-state index contributed by atoms with van der Waals surface area (Å²) in [4.78, 5) is 0.639. The van der Waals surface area contributed by atoms with Gasteiger partial charge in [-0.3, -0.25) is 0 Å². The average Bonchev–Trinajstić information content (AvgIpc) is 3.34. The Bertz CT molecular complexity index is 1750. The predicted molar refractivity (Wildman–Crippen MR) is 173 cm³/mol. The largest absolute Gasteiger partial charge is 0.485 e. The van der Waals surface area contributed by atoms with Crippen LogP contribution < -0.4 is 10.1 Å². The number of hydrogen-bond donors (Lipinski definition) is 1. The van der Waals surface area contributed by atoms with Crippen LogP contribution in [0.15, 0.2) is 66.7 Å². The highest BCUT2D eigenvalue weighted by molar-refractivity contribution is 7.81. The lowest BCUT2D eigenvalue weighted by atomic mass is 9.98. The van der Waals surface area contributed by atoms with Crippen molar-refractivity contribution in [3.8, 4) is 16.9 Å². The number of anilines is 1. The van der Waals surface area contributed by atoms with Gasteiger partial charge in [0.25, 0.3) is 0 Å². The Balaban J connectivity index is 1.48. The highest BCUT2D eigenvalue weighted by atomic mass is 35.5. The van der Waals surface area contributed by atoms with Gasteiger partial charge in [-0.25, -0.2) is 4.52 Å². The second-order valence-electron chi connectivity index (χ2n) is 11.3. The normalized spacial score (nSPS) is 13.0. The van der Waals surface area contributed by atoms with E-state index in [0.717, 1.165) is 65.5 Å². The van der Waals surface area contributed by atoms with Crippen molar-refractivity contribution in [3.63, 3.8) is 0 Å². The zero-order valence-corrected chi connectivity index (χ0v) is 25.6. The van der Waals surface area contributed by atoms with Gasteiger partial charge in [0.15, 0.2) is 5.82 Å². The number of nitrogens with one attached hydrogen (secondary N) is 1. The van der Waals surface area contributed by atoms with Crippen molar-refractivity contribution in [2.75, 3.05) is 5.32 Å². The Kier molecular flexibility index (Phi) is 7.62. The molecule has 0 saturated heterocycles. The van der Waals surface area contributed by atoms with Gasteiger partial charge in [0.05, 0.1) is 0 Å². The monoisotopic (exact) mass is 582 g/mol. The zero-order chi connectivity index (χ0) is 28.7. The van der Waals surface area contributed by atoms with Crippen LogP contribution in [-0.4, -0.2) is 19.2 Å². The number of ether oxygens (including phenoxy) is 1. The molecule has 5 aromatic rings. The molecule has 0 radical (unpaired) electrons. The molecule has 3 aromatic carbocycles. The lowest BCUT2D eigenvalue weighted by Gasteiger charge is -2.15. The summed E-state index contributed by atoms with van der Waals surface area (Å²) in [6.07, 6.45) is 3.13. The highest BCUT2D eigenvalue weighted by Crippen LogP contribution is 2.38. The fraction of sp³-hybridized carbons (Fsp3) is 0.294. The number of thiocarbonyl (C=S) groups is 1. The van der Waals surface area contributed by atoms with E-state index in [1.54, 1.807) is 0 Å². The van der Waals surface area contributed by atoms with E-state index >= 15 is 0 Å². The van der Waals surface area contributed by atoms with Gasteiger partial charge in [0.1, 0.15) is 28.7 Å². The molecule has 3 heterocycles. The van der Waals surface area contributed by atoms with Gasteiger partial charge in [-0.2, -0.15) is 0 Å². The molecule has 41 heavy (non-hydrogen) atoms. The van der Waals surface area contributed by atoms with Gasteiger partial charge in [-0.15, -0.1) is 5.10 Å². The van der Waals surface area contributed by atoms with Crippen LogP contribution in [0.3, 0.4) is 0 Å². The van der Waals surface area contributed by atoms with Crippen LogP contribution in [0.2, 0.25) is 5.02 Å². The Labute approximate surface area is 252 Å². The number of rotatable bonds is 7. The molecule has 0 saturated carbocycles. The maximum atomic E-state index is 6.49. The van der Waals surface area contributed by atoms with Crippen molar-refractivity contribution in [3.05, 3.63) is 106 Å². The van der Waals surface area contributed by atoms with Gasteiger partial charge in [-0.1, -0.05) is 74.1 Å². The molecule has 1 N–H and O–H groups in total. The van der Waals surface area contributed by atoms with E-state index < -0.39 is 0 Å². The third-order valence-corrected chi connectivity index (χ3v) is 8.38. The minimum Gasteiger partial charge on any atom is -0.485 e. The van der Waals surface area contributed by atoms with Crippen molar-refractivity contribution >= 4 is 40.1 Å². The van der Waals surface area contributed by atoms with Gasteiger partial charge in [-0.05, 0) is 91.6 Å². The van der Waals surface area contributed by atoms with Crippen LogP contribution in [0.4, 0.5) is 5.69 Å². The van der Waals surface area contributed by atoms with Crippen LogP contribution in [0.1, 0.15) is 66.4 Å². The SMILES string of the molecule is Cc1cccc(NC(=S)c2c(-c3ccc(Cl)cc3)c3c4n(c(COc5cc(C)ccc5C(C)C)nn24)CCCC3)c1. The molecular weight excluding hydrogens is 548 g/mol. The van der Waals surface area contributed by atoms with Crippen LogP contribution in [0, 0.1) is 13.8 Å². The summed E-state index contributed by atoms with van der Waals surface area (Å²) in [7, 11) is 0. The first-order chi connectivity index (χ1) is 19.8. The fourth-order valence-corrected chi connectivity index (χ4v) is 6.28. The minimum absolute atomic E-state index is 0.369. The molecule has 0 amide bonds. The molecule has 0 unspecified atom stereocenters. The Morgan fingerprint density at radius 2 is 1.80 bits per heavy atom. The van der Waals surface area contributed by atoms with E-state index in [4.69, 9.17) is 33.7 Å². The molecule has 0 spiro atoms. The smallest absolute Gasteiger partial charge is 0.169 e. The molecule has 2 aromatic heterocycles. The van der Waals surface area contributed by atoms with E-state index in [1.807, 2.05) is 28.8 Å². The third kappa shape index (κ3) is 5.39. The summed E-state index contributed by atoms with van der Waals surface area (Å²) < 4.78 is 10.9. The molecule has 1 aliphatic heterocycles. The number of aromatic nitrogens is 3. The van der Waals surface area contributed by atoms with Crippen molar-refractivity contribution < 1.29 is 4.74 Å². The zero-order valence-electron chi connectivity index (χ0n) is 24.0. The van der Waals surface area contributed by atoms with Gasteiger partial charge in [0.2, 0.25) is 0 Å². The lowest BCUT2D eigenvalue weighted by Crippen LogP contribution is -2.15. The van der Waals surface area contributed by atoms with Crippen molar-refractivity contribution in [1.29, 1.82) is 0 Å². The summed E-state index contributed by atoms with van der Waals surface area (Å²) >= 11 is 12.4. The van der Waals surface area contributed by atoms with Crippen molar-refractivity contribution in [1.82, 2.24) is 14.2 Å².